The Kier molecular flexibility index (Phi) is 3.88. The van der Waals surface area contributed by atoms with E-state index < -0.39 is 5.79 Å². The molecule has 15 heavy (non-hydrogen) atoms. The lowest BCUT2D eigenvalue weighted by atomic mass is 10.1. The van der Waals surface area contributed by atoms with Crippen LogP contribution in [0, 0.1) is 0 Å². The van der Waals surface area contributed by atoms with Crippen molar-refractivity contribution in [3.05, 3.63) is 12.7 Å². The predicted octanol–water partition coefficient (Wildman–Crippen LogP) is 1.65. The van der Waals surface area contributed by atoms with Crippen LogP contribution in [0.2, 0.25) is 0 Å². The normalized spacial score (nSPS) is 29.5. The summed E-state index contributed by atoms with van der Waals surface area (Å²) >= 11 is 0. The lowest BCUT2D eigenvalue weighted by Gasteiger charge is -2.39. The van der Waals surface area contributed by atoms with Gasteiger partial charge in [-0.25, -0.2) is 0 Å². The first kappa shape index (κ1) is 12.2. The third-order valence-corrected chi connectivity index (χ3v) is 2.27. The first-order valence-electron chi connectivity index (χ1n) is 5.02. The lowest BCUT2D eigenvalue weighted by molar-refractivity contribution is -0.290. The van der Waals surface area contributed by atoms with Gasteiger partial charge in [-0.05, 0) is 13.8 Å². The molecule has 0 aromatic heterocycles. The van der Waals surface area contributed by atoms with Crippen molar-refractivity contribution in [3.8, 4) is 0 Å². The summed E-state index contributed by atoms with van der Waals surface area (Å²) in [5, 5.41) is 0. The molecule has 0 aromatic carbocycles. The van der Waals surface area contributed by atoms with E-state index in [-0.39, 0.29) is 24.6 Å². The first-order chi connectivity index (χ1) is 6.96. The fourth-order valence-electron chi connectivity index (χ4n) is 1.69. The SMILES string of the molecule is C=CC1CC(CC(=O)OC)OC(C)(C)O1. The molecule has 0 amide bonds. The van der Waals surface area contributed by atoms with E-state index in [1.807, 2.05) is 13.8 Å². The van der Waals surface area contributed by atoms with Crippen molar-refractivity contribution < 1.29 is 19.0 Å². The smallest absolute Gasteiger partial charge is 0.308 e. The molecule has 0 radical (unpaired) electrons. The highest BCUT2D eigenvalue weighted by molar-refractivity contribution is 5.69. The number of carbonyl (C=O) groups is 1. The molecule has 0 bridgehead atoms. The van der Waals surface area contributed by atoms with E-state index in [1.165, 1.54) is 7.11 Å². The van der Waals surface area contributed by atoms with Gasteiger partial charge in [-0.15, -0.1) is 6.58 Å². The Labute approximate surface area is 90.2 Å². The fraction of sp³-hybridized carbons (Fsp3) is 0.727. The average molecular weight is 214 g/mol. The molecule has 0 aromatic rings. The molecule has 0 aliphatic carbocycles. The summed E-state index contributed by atoms with van der Waals surface area (Å²) in [6.45, 7) is 7.34. The van der Waals surface area contributed by atoms with Crippen molar-refractivity contribution in [1.29, 1.82) is 0 Å². The minimum absolute atomic E-state index is 0.0663. The Hall–Kier alpha value is -0.870. The molecule has 0 saturated carbocycles. The van der Waals surface area contributed by atoms with Crippen molar-refractivity contribution in [3.63, 3.8) is 0 Å². The van der Waals surface area contributed by atoms with E-state index >= 15 is 0 Å². The minimum Gasteiger partial charge on any atom is -0.469 e. The molecule has 2 atom stereocenters. The molecule has 86 valence electrons. The van der Waals surface area contributed by atoms with Crippen LogP contribution in [-0.4, -0.2) is 31.1 Å². The van der Waals surface area contributed by atoms with Gasteiger partial charge < -0.3 is 14.2 Å². The molecular formula is C11H18O4. The summed E-state index contributed by atoms with van der Waals surface area (Å²) in [6, 6.07) is 0. The maximum atomic E-state index is 11.1. The van der Waals surface area contributed by atoms with Gasteiger partial charge >= 0.3 is 5.97 Å². The number of hydrogen-bond donors (Lipinski definition) is 0. The van der Waals surface area contributed by atoms with Crippen molar-refractivity contribution >= 4 is 5.97 Å². The Morgan fingerprint density at radius 3 is 2.80 bits per heavy atom. The molecule has 0 N–H and O–H groups in total. The van der Waals surface area contributed by atoms with Gasteiger partial charge in [0.1, 0.15) is 0 Å². The summed E-state index contributed by atoms with van der Waals surface area (Å²) in [4.78, 5) is 11.1. The standard InChI is InChI=1S/C11H18O4/c1-5-8-6-9(7-10(12)13-4)15-11(2,3)14-8/h5,8-9H,1,6-7H2,2-4H3. The summed E-state index contributed by atoms with van der Waals surface area (Å²) in [5.74, 6) is -0.934. The molecule has 4 nitrogen and oxygen atoms in total. The van der Waals surface area contributed by atoms with E-state index in [9.17, 15) is 4.79 Å². The maximum Gasteiger partial charge on any atom is 0.308 e. The first-order valence-corrected chi connectivity index (χ1v) is 5.02. The minimum atomic E-state index is -0.671. The second-order valence-corrected chi connectivity index (χ2v) is 4.05. The highest BCUT2D eigenvalue weighted by Crippen LogP contribution is 2.28. The predicted molar refractivity (Wildman–Crippen MR) is 55.3 cm³/mol. The second-order valence-electron chi connectivity index (χ2n) is 4.05. The summed E-state index contributed by atoms with van der Waals surface area (Å²) in [5.41, 5.74) is 0. The Bertz CT molecular complexity index is 247. The van der Waals surface area contributed by atoms with Crippen molar-refractivity contribution in [2.24, 2.45) is 0 Å². The van der Waals surface area contributed by atoms with Crippen LogP contribution in [-0.2, 0) is 19.0 Å². The van der Waals surface area contributed by atoms with Gasteiger partial charge in [-0.2, -0.15) is 0 Å². The molecule has 2 unspecified atom stereocenters. The molecule has 1 fully saturated rings. The summed E-state index contributed by atoms with van der Waals surface area (Å²) < 4.78 is 15.8. The van der Waals surface area contributed by atoms with E-state index in [1.54, 1.807) is 6.08 Å². The number of esters is 1. The molecular weight excluding hydrogens is 196 g/mol. The van der Waals surface area contributed by atoms with Crippen molar-refractivity contribution in [1.82, 2.24) is 0 Å². The second kappa shape index (κ2) is 4.77. The molecule has 1 aliphatic rings. The third-order valence-electron chi connectivity index (χ3n) is 2.27. The van der Waals surface area contributed by atoms with E-state index in [0.29, 0.717) is 6.42 Å². The van der Waals surface area contributed by atoms with Crippen LogP contribution < -0.4 is 0 Å². The fourth-order valence-corrected chi connectivity index (χ4v) is 1.69. The van der Waals surface area contributed by atoms with Gasteiger partial charge in [0.25, 0.3) is 0 Å². The Morgan fingerprint density at radius 2 is 2.27 bits per heavy atom. The number of carbonyl (C=O) groups excluding carboxylic acids is 1. The Balaban J connectivity index is 2.58. The molecule has 1 aliphatic heterocycles. The largest absolute Gasteiger partial charge is 0.469 e. The zero-order valence-electron chi connectivity index (χ0n) is 9.49. The number of ether oxygens (including phenoxy) is 3. The van der Waals surface area contributed by atoms with Crippen LogP contribution in [0.25, 0.3) is 0 Å². The highest BCUT2D eigenvalue weighted by Gasteiger charge is 2.35. The molecule has 1 heterocycles. The van der Waals surface area contributed by atoms with Gasteiger partial charge in [-0.3, -0.25) is 4.79 Å². The van der Waals surface area contributed by atoms with Gasteiger partial charge in [0, 0.05) is 6.42 Å². The Morgan fingerprint density at radius 1 is 1.60 bits per heavy atom. The molecule has 1 rings (SSSR count). The van der Waals surface area contributed by atoms with Crippen LogP contribution in [0.1, 0.15) is 26.7 Å². The van der Waals surface area contributed by atoms with Gasteiger partial charge in [0.05, 0.1) is 25.7 Å². The lowest BCUT2D eigenvalue weighted by Crippen LogP contribution is -2.44. The van der Waals surface area contributed by atoms with Crippen LogP contribution in [0.4, 0.5) is 0 Å². The van der Waals surface area contributed by atoms with Gasteiger partial charge in [0.15, 0.2) is 5.79 Å². The van der Waals surface area contributed by atoms with Gasteiger partial charge in [0.2, 0.25) is 0 Å². The van der Waals surface area contributed by atoms with E-state index in [0.717, 1.165) is 0 Å². The van der Waals surface area contributed by atoms with Crippen LogP contribution in [0.15, 0.2) is 12.7 Å². The molecule has 4 heteroatoms. The number of methoxy groups -OCH3 is 1. The molecule has 0 spiro atoms. The van der Waals surface area contributed by atoms with E-state index in [4.69, 9.17) is 9.47 Å². The zero-order valence-corrected chi connectivity index (χ0v) is 9.49. The van der Waals surface area contributed by atoms with Crippen LogP contribution in [0.3, 0.4) is 0 Å². The molecule has 1 saturated heterocycles. The number of hydrogen-bond acceptors (Lipinski definition) is 4. The van der Waals surface area contributed by atoms with Crippen LogP contribution >= 0.6 is 0 Å². The topological polar surface area (TPSA) is 44.8 Å². The quantitative estimate of drug-likeness (QED) is 0.529. The highest BCUT2D eigenvalue weighted by atomic mass is 16.7. The van der Waals surface area contributed by atoms with Crippen LogP contribution in [0.5, 0.6) is 0 Å². The summed E-state index contributed by atoms with van der Waals surface area (Å²) in [7, 11) is 1.37. The van der Waals surface area contributed by atoms with Crippen molar-refractivity contribution in [2.75, 3.05) is 7.11 Å². The average Bonchev–Trinajstić information content (AvgIpc) is 2.15. The van der Waals surface area contributed by atoms with Gasteiger partial charge in [-0.1, -0.05) is 6.08 Å². The van der Waals surface area contributed by atoms with Crippen molar-refractivity contribution in [2.45, 2.75) is 44.7 Å². The zero-order chi connectivity index (χ0) is 11.5. The maximum absolute atomic E-state index is 11.1. The third kappa shape index (κ3) is 3.64. The summed E-state index contributed by atoms with van der Waals surface area (Å²) in [6.07, 6.45) is 2.40. The van der Waals surface area contributed by atoms with E-state index in [2.05, 4.69) is 11.3 Å². The number of rotatable bonds is 3. The monoisotopic (exact) mass is 214 g/mol.